The van der Waals surface area contributed by atoms with Gasteiger partial charge in [-0.05, 0) is 24.3 Å². The minimum absolute atomic E-state index is 1.14. The van der Waals surface area contributed by atoms with Gasteiger partial charge in [-0.2, -0.15) is 0 Å². The average Bonchev–Trinajstić information content (AvgIpc) is 2.61. The van der Waals surface area contributed by atoms with E-state index in [4.69, 9.17) is 0 Å². The van der Waals surface area contributed by atoms with Crippen LogP contribution in [0, 0.1) is 0 Å². The van der Waals surface area contributed by atoms with Gasteiger partial charge in [0.15, 0.2) is 0 Å². The number of fused-ring (bicyclic) bond motifs is 1. The summed E-state index contributed by atoms with van der Waals surface area (Å²) in [6, 6.07) is 6.00. The second-order valence-corrected chi connectivity index (χ2v) is 3.20. The van der Waals surface area contributed by atoms with Crippen molar-refractivity contribution in [1.82, 2.24) is 14.7 Å². The zero-order valence-corrected chi connectivity index (χ0v) is 8.82. The molecule has 0 radical (unpaired) electrons. The van der Waals surface area contributed by atoms with Gasteiger partial charge in [0.25, 0.3) is 0 Å². The quantitative estimate of drug-likeness (QED) is 0.725. The summed E-state index contributed by atoms with van der Waals surface area (Å²) in [4.78, 5) is 3.96. The Kier molecular flexibility index (Phi) is 3.55. The predicted octanol–water partition coefficient (Wildman–Crippen LogP) is 2.51. The Morgan fingerprint density at radius 1 is 1.00 bits per heavy atom. The summed E-state index contributed by atoms with van der Waals surface area (Å²) in [5.74, 6) is 0. The second kappa shape index (κ2) is 5.56. The molecule has 1 aliphatic rings. The number of hydrogen-bond acceptors (Lipinski definition) is 2. The Morgan fingerprint density at radius 3 is 2.56 bits per heavy atom. The number of imidazole rings is 1. The molecule has 2 aromatic heterocycles. The normalized spacial score (nSPS) is 12.8. The fourth-order valence-electron chi connectivity index (χ4n) is 1.27. The van der Waals surface area contributed by atoms with Crippen molar-refractivity contribution in [3.05, 3.63) is 73.6 Å². The van der Waals surface area contributed by atoms with Gasteiger partial charge in [0.1, 0.15) is 0 Å². The van der Waals surface area contributed by atoms with Crippen LogP contribution in [0.1, 0.15) is 0 Å². The molecule has 3 nitrogen and oxygen atoms in total. The second-order valence-electron chi connectivity index (χ2n) is 3.20. The molecule has 0 saturated heterocycles. The molecule has 2 aromatic rings. The van der Waals surface area contributed by atoms with Crippen molar-refractivity contribution in [1.29, 1.82) is 0 Å². The van der Waals surface area contributed by atoms with Gasteiger partial charge >= 0.3 is 0 Å². The van der Waals surface area contributed by atoms with Gasteiger partial charge in [0, 0.05) is 18.6 Å². The lowest BCUT2D eigenvalue weighted by Crippen LogP contribution is -1.87. The van der Waals surface area contributed by atoms with Gasteiger partial charge in [-0.25, -0.2) is 4.98 Å². The number of hydrogen-bond donors (Lipinski definition) is 1. The minimum atomic E-state index is 1.14. The molecule has 0 aromatic carbocycles. The maximum Gasteiger partial charge on any atom is 0.0991 e. The largest absolute Gasteiger partial charge is 0.368 e. The first kappa shape index (κ1) is 10.2. The molecule has 3 heteroatoms. The Hall–Kier alpha value is -2.29. The third kappa shape index (κ3) is 2.85. The van der Waals surface area contributed by atoms with E-state index in [1.807, 2.05) is 71.7 Å². The number of nitrogens with zero attached hydrogens (tertiary/aromatic N) is 2. The summed E-state index contributed by atoms with van der Waals surface area (Å²) in [5, 5.41) is 2.92. The first-order valence-electron chi connectivity index (χ1n) is 5.08. The third-order valence-electron chi connectivity index (χ3n) is 2.04. The molecule has 3 heterocycles. The zero-order chi connectivity index (χ0) is 11.1. The van der Waals surface area contributed by atoms with Crippen LogP contribution >= 0.6 is 0 Å². The van der Waals surface area contributed by atoms with E-state index in [0.717, 1.165) is 5.52 Å². The number of rotatable bonds is 0. The first-order chi connectivity index (χ1) is 7.97. The minimum Gasteiger partial charge on any atom is -0.368 e. The molecule has 0 spiro atoms. The molecule has 0 amide bonds. The van der Waals surface area contributed by atoms with Crippen LogP contribution in [0.5, 0.6) is 0 Å². The summed E-state index contributed by atoms with van der Waals surface area (Å²) in [7, 11) is 0. The Bertz CT molecular complexity index is 476. The van der Waals surface area contributed by atoms with Crippen LogP contribution < -0.4 is 5.32 Å². The smallest absolute Gasteiger partial charge is 0.0991 e. The molecule has 0 bridgehead atoms. The zero-order valence-electron chi connectivity index (χ0n) is 8.82. The Labute approximate surface area is 94.4 Å². The van der Waals surface area contributed by atoms with Crippen molar-refractivity contribution in [2.45, 2.75) is 0 Å². The van der Waals surface area contributed by atoms with E-state index >= 15 is 0 Å². The van der Waals surface area contributed by atoms with E-state index < -0.39 is 0 Å². The van der Waals surface area contributed by atoms with E-state index in [1.54, 1.807) is 6.33 Å². The van der Waals surface area contributed by atoms with Crippen molar-refractivity contribution < 1.29 is 0 Å². The van der Waals surface area contributed by atoms with E-state index in [9.17, 15) is 0 Å². The Balaban J connectivity index is 0.000000125. The van der Waals surface area contributed by atoms with E-state index in [0.29, 0.717) is 0 Å². The lowest BCUT2D eigenvalue weighted by Gasteiger charge is -1.86. The van der Waals surface area contributed by atoms with E-state index in [2.05, 4.69) is 10.3 Å². The topological polar surface area (TPSA) is 29.3 Å². The summed E-state index contributed by atoms with van der Waals surface area (Å²) >= 11 is 0. The van der Waals surface area contributed by atoms with Crippen LogP contribution in [0.25, 0.3) is 5.52 Å². The molecule has 0 unspecified atom stereocenters. The Morgan fingerprint density at radius 2 is 1.81 bits per heavy atom. The number of aromatic nitrogens is 2. The van der Waals surface area contributed by atoms with E-state index in [-0.39, 0.29) is 0 Å². The number of allylic oxidation sites excluding steroid dienone is 4. The fourth-order valence-corrected chi connectivity index (χ4v) is 1.27. The molecular weight excluding hydrogens is 198 g/mol. The van der Waals surface area contributed by atoms with Crippen molar-refractivity contribution in [2.24, 2.45) is 0 Å². The first-order valence-corrected chi connectivity index (χ1v) is 5.08. The SMILES string of the molecule is C1=CC=CNC=C1.c1ccn2cncc2c1. The van der Waals surface area contributed by atoms with Crippen molar-refractivity contribution >= 4 is 5.52 Å². The highest BCUT2D eigenvalue weighted by molar-refractivity contribution is 5.43. The van der Waals surface area contributed by atoms with Crippen molar-refractivity contribution in [3.8, 4) is 0 Å². The molecule has 16 heavy (non-hydrogen) atoms. The number of pyridine rings is 1. The van der Waals surface area contributed by atoms with E-state index in [1.165, 1.54) is 0 Å². The summed E-state index contributed by atoms with van der Waals surface area (Å²) in [6.45, 7) is 0. The van der Waals surface area contributed by atoms with Crippen molar-refractivity contribution in [2.75, 3.05) is 0 Å². The predicted molar refractivity (Wildman–Crippen MR) is 65.7 cm³/mol. The maximum atomic E-state index is 3.96. The molecule has 1 aliphatic heterocycles. The molecule has 80 valence electrons. The third-order valence-corrected chi connectivity index (χ3v) is 2.04. The molecule has 0 saturated carbocycles. The van der Waals surface area contributed by atoms with Crippen LogP contribution in [-0.2, 0) is 0 Å². The van der Waals surface area contributed by atoms with Crippen molar-refractivity contribution in [3.63, 3.8) is 0 Å². The average molecular weight is 211 g/mol. The highest BCUT2D eigenvalue weighted by Gasteiger charge is 1.85. The molecule has 0 fully saturated rings. The monoisotopic (exact) mass is 211 g/mol. The van der Waals surface area contributed by atoms with Gasteiger partial charge in [0.2, 0.25) is 0 Å². The fraction of sp³-hybridized carbons (Fsp3) is 0. The van der Waals surface area contributed by atoms with Gasteiger partial charge in [-0.15, -0.1) is 0 Å². The lowest BCUT2D eigenvalue weighted by atomic mass is 10.4. The summed E-state index contributed by atoms with van der Waals surface area (Å²) < 4.78 is 1.97. The highest BCUT2D eigenvalue weighted by Crippen LogP contribution is 1.98. The van der Waals surface area contributed by atoms with Crippen LogP contribution in [0.3, 0.4) is 0 Å². The van der Waals surface area contributed by atoms with Crippen LogP contribution in [0.2, 0.25) is 0 Å². The molecule has 0 atom stereocenters. The molecule has 0 aliphatic carbocycles. The van der Waals surface area contributed by atoms with Crippen LogP contribution in [-0.4, -0.2) is 9.38 Å². The summed E-state index contributed by atoms with van der Waals surface area (Å²) in [6.07, 6.45) is 17.2. The van der Waals surface area contributed by atoms with Crippen LogP contribution in [0.15, 0.2) is 73.6 Å². The number of nitrogens with one attached hydrogen (secondary N) is 1. The van der Waals surface area contributed by atoms with Gasteiger partial charge in [0.05, 0.1) is 18.0 Å². The van der Waals surface area contributed by atoms with Gasteiger partial charge in [-0.1, -0.05) is 18.2 Å². The van der Waals surface area contributed by atoms with Gasteiger partial charge < -0.3 is 9.72 Å². The molecule has 1 N–H and O–H groups in total. The molecule has 3 rings (SSSR count). The molecular formula is C13H13N3. The lowest BCUT2D eigenvalue weighted by molar-refractivity contribution is 1.15. The standard InChI is InChI=1S/C7H6N2.C6H7N/c1-2-4-9-6-8-5-7(9)3-1;1-2-4-6-7-5-3-1/h1-6H;1-7H. The maximum absolute atomic E-state index is 3.96. The summed E-state index contributed by atoms with van der Waals surface area (Å²) in [5.41, 5.74) is 1.14. The van der Waals surface area contributed by atoms with Crippen LogP contribution in [0.4, 0.5) is 0 Å². The van der Waals surface area contributed by atoms with Gasteiger partial charge in [-0.3, -0.25) is 0 Å². The highest BCUT2D eigenvalue weighted by atomic mass is 15.0.